The molecule has 7 heteroatoms. The van der Waals surface area contributed by atoms with Crippen LogP contribution in [0.25, 0.3) is 0 Å². The van der Waals surface area contributed by atoms with Crippen LogP contribution in [0.15, 0.2) is 30.3 Å². The van der Waals surface area contributed by atoms with Crippen LogP contribution in [0.2, 0.25) is 0 Å². The molecule has 1 heterocycles. The number of nitrogens with zero attached hydrogens (tertiary/aromatic N) is 2. The highest BCUT2D eigenvalue weighted by atomic mass is 16.5. The molecular weight excluding hydrogens is 324 g/mol. The number of hydrogen-bond acceptors (Lipinski definition) is 4. The van der Waals surface area contributed by atoms with Crippen LogP contribution in [0.3, 0.4) is 0 Å². The fourth-order valence-corrected chi connectivity index (χ4v) is 2.88. The largest absolute Gasteiger partial charge is 0.481 e. The summed E-state index contributed by atoms with van der Waals surface area (Å²) < 4.78 is 5.28. The van der Waals surface area contributed by atoms with Gasteiger partial charge in [0.25, 0.3) is 0 Å². The van der Waals surface area contributed by atoms with Crippen molar-refractivity contribution in [2.45, 2.75) is 32.4 Å². The minimum atomic E-state index is -0.956. The number of morpholine rings is 1. The highest BCUT2D eigenvalue weighted by Crippen LogP contribution is 2.13. The van der Waals surface area contributed by atoms with Crippen LogP contribution in [0.1, 0.15) is 25.3 Å². The van der Waals surface area contributed by atoms with Gasteiger partial charge < -0.3 is 19.6 Å². The molecule has 2 amide bonds. The Morgan fingerprint density at radius 2 is 2.00 bits per heavy atom. The Kier molecular flexibility index (Phi) is 6.94. The summed E-state index contributed by atoms with van der Waals surface area (Å²) in [6.45, 7) is 3.26. The molecule has 1 aromatic rings. The molecule has 1 atom stereocenters. The maximum atomic E-state index is 12.5. The second-order valence-electron chi connectivity index (χ2n) is 6.09. The third-order valence-electron chi connectivity index (χ3n) is 4.22. The van der Waals surface area contributed by atoms with E-state index >= 15 is 0 Å². The van der Waals surface area contributed by atoms with Crippen LogP contribution in [-0.4, -0.2) is 65.0 Å². The van der Waals surface area contributed by atoms with Crippen LogP contribution in [0.5, 0.6) is 0 Å². The number of benzene rings is 1. The first-order valence-corrected chi connectivity index (χ1v) is 8.36. The molecule has 1 fully saturated rings. The summed E-state index contributed by atoms with van der Waals surface area (Å²) in [5.41, 5.74) is 1.00. The number of aliphatic carboxylic acids is 1. The lowest BCUT2D eigenvalue weighted by Gasteiger charge is -2.35. The first-order chi connectivity index (χ1) is 12.0. The SMILES string of the molecule is CC(=O)N(CCC(=O)N1CCOCC1CC(=O)O)Cc1ccccc1. The summed E-state index contributed by atoms with van der Waals surface area (Å²) in [5.74, 6) is -1.20. The smallest absolute Gasteiger partial charge is 0.305 e. The quantitative estimate of drug-likeness (QED) is 0.798. The Hall–Kier alpha value is -2.41. The van der Waals surface area contributed by atoms with Gasteiger partial charge in [0, 0.05) is 33.0 Å². The lowest BCUT2D eigenvalue weighted by molar-refractivity contribution is -0.146. The van der Waals surface area contributed by atoms with Gasteiger partial charge in [-0.05, 0) is 5.56 Å². The van der Waals surface area contributed by atoms with E-state index in [4.69, 9.17) is 9.84 Å². The molecule has 136 valence electrons. The minimum absolute atomic E-state index is 0.0966. The minimum Gasteiger partial charge on any atom is -0.481 e. The summed E-state index contributed by atoms with van der Waals surface area (Å²) in [5, 5.41) is 8.97. The van der Waals surface area contributed by atoms with Crippen molar-refractivity contribution in [1.82, 2.24) is 9.80 Å². The topological polar surface area (TPSA) is 87.2 Å². The van der Waals surface area contributed by atoms with Crippen molar-refractivity contribution in [2.75, 3.05) is 26.3 Å². The lowest BCUT2D eigenvalue weighted by atomic mass is 10.1. The van der Waals surface area contributed by atoms with Crippen molar-refractivity contribution in [3.05, 3.63) is 35.9 Å². The van der Waals surface area contributed by atoms with E-state index in [1.165, 1.54) is 6.92 Å². The Balaban J connectivity index is 1.93. The average molecular weight is 348 g/mol. The van der Waals surface area contributed by atoms with Crippen LogP contribution in [0.4, 0.5) is 0 Å². The van der Waals surface area contributed by atoms with Gasteiger partial charge in [0.2, 0.25) is 11.8 Å². The van der Waals surface area contributed by atoms with Gasteiger partial charge in [0.1, 0.15) is 0 Å². The van der Waals surface area contributed by atoms with E-state index in [1.807, 2.05) is 30.3 Å². The van der Waals surface area contributed by atoms with E-state index in [1.54, 1.807) is 9.80 Å². The molecular formula is C18H24N2O5. The fourth-order valence-electron chi connectivity index (χ4n) is 2.88. The van der Waals surface area contributed by atoms with Crippen molar-refractivity contribution in [3.8, 4) is 0 Å². The third-order valence-corrected chi connectivity index (χ3v) is 4.22. The second-order valence-corrected chi connectivity index (χ2v) is 6.09. The standard InChI is InChI=1S/C18H24N2O5/c1-14(21)19(12-15-5-3-2-4-6-15)8-7-17(22)20-9-10-25-13-16(20)11-18(23)24/h2-6,16H,7-13H2,1H3,(H,23,24). The maximum absolute atomic E-state index is 12.5. The van der Waals surface area contributed by atoms with Gasteiger partial charge in [0.05, 0.1) is 25.7 Å². The molecule has 0 radical (unpaired) electrons. The maximum Gasteiger partial charge on any atom is 0.305 e. The number of ether oxygens (including phenoxy) is 1. The zero-order valence-electron chi connectivity index (χ0n) is 14.4. The first kappa shape index (κ1) is 18.9. The van der Waals surface area contributed by atoms with Gasteiger partial charge >= 0.3 is 5.97 Å². The molecule has 25 heavy (non-hydrogen) atoms. The molecule has 0 aromatic heterocycles. The molecule has 1 saturated heterocycles. The zero-order valence-corrected chi connectivity index (χ0v) is 14.4. The van der Waals surface area contributed by atoms with Crippen molar-refractivity contribution >= 4 is 17.8 Å². The molecule has 1 unspecified atom stereocenters. The monoisotopic (exact) mass is 348 g/mol. The van der Waals surface area contributed by atoms with E-state index in [9.17, 15) is 14.4 Å². The van der Waals surface area contributed by atoms with E-state index in [0.29, 0.717) is 26.2 Å². The first-order valence-electron chi connectivity index (χ1n) is 8.36. The van der Waals surface area contributed by atoms with Crippen molar-refractivity contribution in [2.24, 2.45) is 0 Å². The van der Waals surface area contributed by atoms with E-state index < -0.39 is 12.0 Å². The molecule has 0 bridgehead atoms. The number of carboxylic acids is 1. The highest BCUT2D eigenvalue weighted by Gasteiger charge is 2.29. The summed E-state index contributed by atoms with van der Waals surface area (Å²) in [6, 6.07) is 9.14. The predicted molar refractivity (Wildman–Crippen MR) is 90.7 cm³/mol. The van der Waals surface area contributed by atoms with Crippen molar-refractivity contribution in [3.63, 3.8) is 0 Å². The van der Waals surface area contributed by atoms with Crippen LogP contribution < -0.4 is 0 Å². The predicted octanol–water partition coefficient (Wildman–Crippen LogP) is 1.13. The van der Waals surface area contributed by atoms with Gasteiger partial charge in [-0.3, -0.25) is 14.4 Å². The third kappa shape index (κ3) is 5.86. The number of hydrogen-bond donors (Lipinski definition) is 1. The van der Waals surface area contributed by atoms with E-state index in [2.05, 4.69) is 0 Å². The molecule has 1 aliphatic heterocycles. The molecule has 7 nitrogen and oxygen atoms in total. The Bertz CT molecular complexity index is 605. The summed E-state index contributed by atoms with van der Waals surface area (Å²) in [7, 11) is 0. The molecule has 0 aliphatic carbocycles. The molecule has 2 rings (SSSR count). The van der Waals surface area contributed by atoms with Crippen molar-refractivity contribution in [1.29, 1.82) is 0 Å². The molecule has 0 spiro atoms. The number of carbonyl (C=O) groups is 3. The van der Waals surface area contributed by atoms with Gasteiger partial charge in [-0.1, -0.05) is 30.3 Å². The van der Waals surface area contributed by atoms with Gasteiger partial charge in [-0.2, -0.15) is 0 Å². The Morgan fingerprint density at radius 1 is 1.28 bits per heavy atom. The van der Waals surface area contributed by atoms with E-state index in [-0.39, 0.29) is 31.3 Å². The number of carbonyl (C=O) groups excluding carboxylic acids is 2. The summed E-state index contributed by atoms with van der Waals surface area (Å²) in [6.07, 6.45) is 0.0364. The number of amides is 2. The van der Waals surface area contributed by atoms with E-state index in [0.717, 1.165) is 5.56 Å². The average Bonchev–Trinajstić information content (AvgIpc) is 2.59. The molecule has 1 aromatic carbocycles. The second kappa shape index (κ2) is 9.17. The molecule has 1 aliphatic rings. The van der Waals surface area contributed by atoms with Crippen molar-refractivity contribution < 1.29 is 24.2 Å². The van der Waals surface area contributed by atoms with Gasteiger partial charge in [0.15, 0.2) is 0 Å². The number of carboxylic acid groups (broad SMARTS) is 1. The molecule has 0 saturated carbocycles. The van der Waals surface area contributed by atoms with Crippen LogP contribution in [-0.2, 0) is 25.7 Å². The Morgan fingerprint density at radius 3 is 2.64 bits per heavy atom. The normalized spacial score (nSPS) is 17.2. The zero-order chi connectivity index (χ0) is 18.2. The number of rotatable bonds is 7. The summed E-state index contributed by atoms with van der Waals surface area (Å²) >= 11 is 0. The Labute approximate surface area is 147 Å². The van der Waals surface area contributed by atoms with Crippen LogP contribution >= 0.6 is 0 Å². The van der Waals surface area contributed by atoms with Crippen LogP contribution in [0, 0.1) is 0 Å². The lowest BCUT2D eigenvalue weighted by Crippen LogP contribution is -2.50. The highest BCUT2D eigenvalue weighted by molar-refractivity contribution is 5.79. The van der Waals surface area contributed by atoms with Gasteiger partial charge in [-0.25, -0.2) is 0 Å². The molecule has 1 N–H and O–H groups in total. The summed E-state index contributed by atoms with van der Waals surface area (Å²) in [4.78, 5) is 38.5. The van der Waals surface area contributed by atoms with Gasteiger partial charge in [-0.15, -0.1) is 0 Å². The fraction of sp³-hybridized carbons (Fsp3) is 0.500.